The number of anilines is 1. The van der Waals surface area contributed by atoms with Gasteiger partial charge in [0.15, 0.2) is 0 Å². The van der Waals surface area contributed by atoms with Crippen LogP contribution < -0.4 is 9.04 Å². The molecule has 1 aromatic carbocycles. The number of rotatable bonds is 5. The first-order valence-corrected chi connectivity index (χ1v) is 7.39. The van der Waals surface area contributed by atoms with Crippen molar-refractivity contribution in [2.45, 2.75) is 0 Å². The van der Waals surface area contributed by atoms with Crippen molar-refractivity contribution in [3.8, 4) is 5.75 Å². The molecule has 0 radical (unpaired) electrons. The van der Waals surface area contributed by atoms with Gasteiger partial charge in [-0.05, 0) is 0 Å². The maximum absolute atomic E-state index is 10.5. The zero-order valence-electron chi connectivity index (χ0n) is 8.03. The third kappa shape index (κ3) is 4.88. The quantitative estimate of drug-likeness (QED) is 0.536. The molecule has 0 heterocycles. The molecule has 0 aliphatic carbocycles. The first kappa shape index (κ1) is 12.6. The van der Waals surface area contributed by atoms with E-state index >= 15 is 0 Å². The maximum atomic E-state index is 10.5. The van der Waals surface area contributed by atoms with Crippen LogP contribution in [0.5, 0.6) is 5.75 Å². The second-order valence-corrected chi connectivity index (χ2v) is 5.30. The molecule has 88 valence electrons. The average Bonchev–Trinajstić information content (AvgIpc) is 2.14. The van der Waals surface area contributed by atoms with E-state index < -0.39 is 20.5 Å². The fourth-order valence-electron chi connectivity index (χ4n) is 0.949. The molecule has 0 bridgehead atoms. The summed E-state index contributed by atoms with van der Waals surface area (Å²) >= 11 is -5.13. The van der Waals surface area contributed by atoms with Gasteiger partial charge in [0.25, 0.3) is 0 Å². The van der Waals surface area contributed by atoms with Crippen molar-refractivity contribution in [3.05, 3.63) is 24.3 Å². The van der Waals surface area contributed by atoms with Crippen molar-refractivity contribution in [2.24, 2.45) is 0 Å². The van der Waals surface area contributed by atoms with Crippen molar-refractivity contribution in [3.63, 3.8) is 0 Å². The number of aliphatic carboxylic acids is 1. The molecule has 1 rings (SSSR count). The normalized spacial score (nSPS) is 10.9. The first-order chi connectivity index (χ1) is 7.37. The Hall–Kier alpha value is -1.43. The summed E-state index contributed by atoms with van der Waals surface area (Å²) in [7, 11) is 0. The number of hydrogen-bond acceptors (Lipinski definition) is 4. The molecular weight excluding hydrogens is 281 g/mol. The topological polar surface area (TPSA) is 116 Å². The molecule has 0 amide bonds. The van der Waals surface area contributed by atoms with Gasteiger partial charge in [-0.2, -0.15) is 0 Å². The van der Waals surface area contributed by atoms with E-state index in [2.05, 4.69) is 9.04 Å². The Morgan fingerprint density at radius 3 is 2.31 bits per heavy atom. The fourth-order valence-corrected chi connectivity index (χ4v) is 1.78. The van der Waals surface area contributed by atoms with E-state index in [4.69, 9.17) is 13.3 Å². The molecule has 4 N–H and O–H groups in total. The van der Waals surface area contributed by atoms with Crippen LogP contribution in [-0.2, 0) is 8.53 Å². The molecule has 0 fully saturated rings. The van der Waals surface area contributed by atoms with Gasteiger partial charge in [0, 0.05) is 0 Å². The molecule has 7 nitrogen and oxygen atoms in total. The van der Waals surface area contributed by atoms with Crippen LogP contribution >= 0.6 is 0 Å². The van der Waals surface area contributed by atoms with Gasteiger partial charge in [-0.15, -0.1) is 0 Å². The zero-order valence-corrected chi connectivity index (χ0v) is 9.91. The van der Waals surface area contributed by atoms with Gasteiger partial charge >= 0.3 is 93.6 Å². The van der Waals surface area contributed by atoms with E-state index in [0.29, 0.717) is 5.69 Å². The Balaban J connectivity index is 2.61. The van der Waals surface area contributed by atoms with Gasteiger partial charge in [-0.1, -0.05) is 0 Å². The van der Waals surface area contributed by atoms with Crippen LogP contribution in [0.1, 0.15) is 0 Å². The van der Waals surface area contributed by atoms with E-state index in [9.17, 15) is 8.53 Å². The van der Waals surface area contributed by atoms with Crippen LogP contribution in [0.3, 0.4) is 0 Å². The predicted octanol–water partition coefficient (Wildman–Crippen LogP) is -0.587. The standard InChI is InChI=1S/C8H10AsNO6/c11-8(12)5-10-6-1-3-7(4-2-6)16-9(13,14)15/h1-4,10H,5H2,(H,11,12)(H2,13,14,15). The molecule has 8 heteroatoms. The molecule has 0 saturated carbocycles. The minimum atomic E-state index is -5.13. The number of nitrogens with one attached hydrogen (secondary N) is 1. The van der Waals surface area contributed by atoms with E-state index in [1.165, 1.54) is 24.3 Å². The first-order valence-electron chi connectivity index (χ1n) is 4.18. The third-order valence-corrected chi connectivity index (χ3v) is 2.46. The van der Waals surface area contributed by atoms with Gasteiger partial charge in [0.2, 0.25) is 0 Å². The molecule has 0 aliphatic heterocycles. The zero-order chi connectivity index (χ0) is 12.2. The summed E-state index contributed by atoms with van der Waals surface area (Å²) in [6, 6.07) is 5.60. The molecule has 0 atom stereocenters. The number of carboxylic acid groups (broad SMARTS) is 1. The van der Waals surface area contributed by atoms with Crippen LogP contribution in [-0.4, -0.2) is 40.3 Å². The fraction of sp³-hybridized carbons (Fsp3) is 0.125. The monoisotopic (exact) mass is 291 g/mol. The van der Waals surface area contributed by atoms with Crippen LogP contribution in [0.4, 0.5) is 5.69 Å². The van der Waals surface area contributed by atoms with Gasteiger partial charge in [0.1, 0.15) is 0 Å². The number of carboxylic acids is 1. The Labute approximate surface area is 94.0 Å². The summed E-state index contributed by atoms with van der Waals surface area (Å²) in [4.78, 5) is 10.2. The Bertz CT molecular complexity index is 411. The molecule has 0 saturated heterocycles. The van der Waals surface area contributed by atoms with Crippen molar-refractivity contribution < 1.29 is 25.6 Å². The number of hydrogen-bond donors (Lipinski definition) is 4. The second-order valence-electron chi connectivity index (χ2n) is 2.85. The molecule has 0 unspecified atom stereocenters. The summed E-state index contributed by atoms with van der Waals surface area (Å²) in [6.45, 7) is -0.234. The molecule has 0 aromatic heterocycles. The predicted molar refractivity (Wildman–Crippen MR) is 54.1 cm³/mol. The summed E-state index contributed by atoms with van der Waals surface area (Å²) in [5.74, 6) is -0.966. The molecule has 1 aromatic rings. The van der Waals surface area contributed by atoms with Crippen molar-refractivity contribution in [1.29, 1.82) is 0 Å². The molecule has 16 heavy (non-hydrogen) atoms. The number of carbonyl (C=O) groups is 1. The SMILES string of the molecule is O=C(O)CNc1ccc(O[As](=O)(O)O)cc1. The Kier molecular flexibility index (Phi) is 4.00. The third-order valence-electron chi connectivity index (χ3n) is 1.52. The Morgan fingerprint density at radius 1 is 1.31 bits per heavy atom. The average molecular weight is 291 g/mol. The van der Waals surface area contributed by atoms with Gasteiger partial charge < -0.3 is 0 Å². The van der Waals surface area contributed by atoms with Crippen LogP contribution in [0.15, 0.2) is 24.3 Å². The van der Waals surface area contributed by atoms with Crippen LogP contribution in [0.25, 0.3) is 0 Å². The van der Waals surface area contributed by atoms with Crippen molar-refractivity contribution >= 4 is 26.2 Å². The van der Waals surface area contributed by atoms with Crippen LogP contribution in [0.2, 0.25) is 0 Å². The molecular formula is C8H10AsNO6. The van der Waals surface area contributed by atoms with Crippen molar-refractivity contribution in [1.82, 2.24) is 0 Å². The van der Waals surface area contributed by atoms with Gasteiger partial charge in [0.05, 0.1) is 0 Å². The summed E-state index contributed by atoms with van der Waals surface area (Å²) in [5.41, 5.74) is 0.521. The summed E-state index contributed by atoms with van der Waals surface area (Å²) < 4.78 is 32.1. The second kappa shape index (κ2) is 5.07. The molecule has 0 aliphatic rings. The summed E-state index contributed by atoms with van der Waals surface area (Å²) in [6.07, 6.45) is 0. The van der Waals surface area contributed by atoms with Gasteiger partial charge in [-0.25, -0.2) is 0 Å². The van der Waals surface area contributed by atoms with Gasteiger partial charge in [-0.3, -0.25) is 0 Å². The Morgan fingerprint density at radius 2 is 1.88 bits per heavy atom. The summed E-state index contributed by atoms with van der Waals surface area (Å²) in [5, 5.41) is 11.0. The number of benzene rings is 1. The van der Waals surface area contributed by atoms with E-state index in [0.717, 1.165) is 0 Å². The van der Waals surface area contributed by atoms with E-state index in [-0.39, 0.29) is 12.3 Å². The van der Waals surface area contributed by atoms with Crippen LogP contribution in [0, 0.1) is 0 Å². The van der Waals surface area contributed by atoms with Crippen molar-refractivity contribution in [2.75, 3.05) is 11.9 Å². The minimum absolute atomic E-state index is 0.0355. The van der Waals surface area contributed by atoms with E-state index in [1.54, 1.807) is 0 Å². The van der Waals surface area contributed by atoms with E-state index in [1.807, 2.05) is 0 Å². The molecule has 0 spiro atoms.